The quantitative estimate of drug-likeness (QED) is 0.642. The first-order valence-corrected chi connectivity index (χ1v) is 7.32. The fraction of sp³-hybridized carbons (Fsp3) is 0.647. The molecular weight excluding hydrogens is 246 g/mol. The third-order valence-electron chi connectivity index (χ3n) is 4.47. The third kappa shape index (κ3) is 4.05. The molecular formula is C17H31N3. The molecule has 3 heteroatoms. The van der Waals surface area contributed by atoms with Crippen molar-refractivity contribution in [3.8, 4) is 0 Å². The zero-order valence-corrected chi connectivity index (χ0v) is 14.1. The Kier molecular flexibility index (Phi) is 5.36. The SMILES string of the molecule is CN(C)C(C)(C)C(Cc1ccc(C(C)(C)C)cc1)NN. The summed E-state index contributed by atoms with van der Waals surface area (Å²) in [6, 6.07) is 9.10. The lowest BCUT2D eigenvalue weighted by molar-refractivity contribution is 0.137. The molecule has 3 N–H and O–H groups in total. The zero-order chi connectivity index (χ0) is 15.6. The normalized spacial score (nSPS) is 14.7. The summed E-state index contributed by atoms with van der Waals surface area (Å²) in [5.74, 6) is 5.77. The second-order valence-corrected chi connectivity index (χ2v) is 7.42. The Morgan fingerprint density at radius 3 is 1.90 bits per heavy atom. The molecule has 20 heavy (non-hydrogen) atoms. The second kappa shape index (κ2) is 6.25. The molecule has 1 aromatic carbocycles. The first-order chi connectivity index (χ1) is 9.09. The number of likely N-dealkylation sites (N-methyl/N-ethyl adjacent to an activating group) is 1. The van der Waals surface area contributed by atoms with E-state index in [4.69, 9.17) is 5.84 Å². The van der Waals surface area contributed by atoms with Crippen LogP contribution in [0.1, 0.15) is 45.7 Å². The number of nitrogens with one attached hydrogen (secondary N) is 1. The van der Waals surface area contributed by atoms with Crippen molar-refractivity contribution in [2.45, 2.75) is 58.0 Å². The number of hydrogen-bond acceptors (Lipinski definition) is 3. The van der Waals surface area contributed by atoms with Crippen LogP contribution in [0.15, 0.2) is 24.3 Å². The molecule has 0 aliphatic carbocycles. The lowest BCUT2D eigenvalue weighted by atomic mass is 9.85. The minimum absolute atomic E-state index is 0.00253. The number of benzene rings is 1. The van der Waals surface area contributed by atoms with E-state index in [9.17, 15) is 0 Å². The molecule has 3 nitrogen and oxygen atoms in total. The molecule has 0 radical (unpaired) electrons. The summed E-state index contributed by atoms with van der Waals surface area (Å²) in [4.78, 5) is 2.21. The van der Waals surface area contributed by atoms with Crippen LogP contribution in [0.3, 0.4) is 0 Å². The molecule has 0 spiro atoms. The van der Waals surface area contributed by atoms with Crippen LogP contribution >= 0.6 is 0 Å². The lowest BCUT2D eigenvalue weighted by Crippen LogP contribution is -2.58. The van der Waals surface area contributed by atoms with Crippen molar-refractivity contribution in [3.05, 3.63) is 35.4 Å². The third-order valence-corrected chi connectivity index (χ3v) is 4.47. The molecule has 0 aromatic heterocycles. The second-order valence-electron chi connectivity index (χ2n) is 7.42. The van der Waals surface area contributed by atoms with Gasteiger partial charge in [0, 0.05) is 11.6 Å². The molecule has 0 aliphatic heterocycles. The number of rotatable bonds is 5. The van der Waals surface area contributed by atoms with Crippen LogP contribution < -0.4 is 11.3 Å². The first-order valence-electron chi connectivity index (χ1n) is 7.32. The Morgan fingerprint density at radius 1 is 1.05 bits per heavy atom. The van der Waals surface area contributed by atoms with Gasteiger partial charge in [-0.15, -0.1) is 0 Å². The van der Waals surface area contributed by atoms with Crippen molar-refractivity contribution < 1.29 is 0 Å². The highest BCUT2D eigenvalue weighted by atomic mass is 15.3. The summed E-state index contributed by atoms with van der Waals surface area (Å²) in [7, 11) is 4.18. The van der Waals surface area contributed by atoms with Gasteiger partial charge in [-0.25, -0.2) is 0 Å². The van der Waals surface area contributed by atoms with Gasteiger partial charge in [0.05, 0.1) is 0 Å². The number of nitrogens with two attached hydrogens (primary N) is 1. The van der Waals surface area contributed by atoms with Crippen molar-refractivity contribution in [2.75, 3.05) is 14.1 Å². The van der Waals surface area contributed by atoms with Crippen molar-refractivity contribution in [3.63, 3.8) is 0 Å². The number of hydrazine groups is 1. The van der Waals surface area contributed by atoms with Crippen molar-refractivity contribution in [1.82, 2.24) is 10.3 Å². The molecule has 1 unspecified atom stereocenters. The fourth-order valence-electron chi connectivity index (χ4n) is 2.20. The molecule has 0 amide bonds. The molecule has 0 heterocycles. The minimum Gasteiger partial charge on any atom is -0.303 e. The Labute approximate surface area is 124 Å². The topological polar surface area (TPSA) is 41.3 Å². The number of nitrogens with zero attached hydrogens (tertiary/aromatic N) is 1. The molecule has 1 rings (SSSR count). The van der Waals surface area contributed by atoms with Crippen LogP contribution in [0.25, 0.3) is 0 Å². The average molecular weight is 277 g/mol. The van der Waals surface area contributed by atoms with Gasteiger partial charge in [-0.05, 0) is 50.9 Å². The van der Waals surface area contributed by atoms with Gasteiger partial charge in [-0.3, -0.25) is 11.3 Å². The Bertz CT molecular complexity index is 413. The van der Waals surface area contributed by atoms with E-state index in [1.807, 2.05) is 0 Å². The van der Waals surface area contributed by atoms with E-state index >= 15 is 0 Å². The average Bonchev–Trinajstić information content (AvgIpc) is 2.35. The molecule has 0 fully saturated rings. The van der Waals surface area contributed by atoms with Crippen LogP contribution in [-0.2, 0) is 11.8 Å². The predicted octanol–water partition coefficient (Wildman–Crippen LogP) is 2.70. The fourth-order valence-corrected chi connectivity index (χ4v) is 2.20. The lowest BCUT2D eigenvalue weighted by Gasteiger charge is -2.40. The molecule has 0 aliphatic rings. The summed E-state index contributed by atoms with van der Waals surface area (Å²) in [5, 5.41) is 0. The van der Waals surface area contributed by atoms with Crippen molar-refractivity contribution in [2.24, 2.45) is 5.84 Å². The Hall–Kier alpha value is -0.900. The monoisotopic (exact) mass is 277 g/mol. The molecule has 1 aromatic rings. The maximum Gasteiger partial charge on any atom is 0.0429 e. The predicted molar refractivity (Wildman–Crippen MR) is 87.7 cm³/mol. The maximum atomic E-state index is 5.77. The number of hydrogen-bond donors (Lipinski definition) is 2. The van der Waals surface area contributed by atoms with Crippen LogP contribution in [0.2, 0.25) is 0 Å². The molecule has 114 valence electrons. The van der Waals surface area contributed by atoms with Gasteiger partial charge < -0.3 is 4.90 Å². The Balaban J connectivity index is 2.87. The highest BCUT2D eigenvalue weighted by Crippen LogP contribution is 2.24. The standard InChI is InChI=1S/C17H31N3/c1-16(2,3)14-10-8-13(9-11-14)12-15(19-18)17(4,5)20(6)7/h8-11,15,19H,12,18H2,1-7H3. The summed E-state index contributed by atoms with van der Waals surface area (Å²) in [5.41, 5.74) is 5.86. The van der Waals surface area contributed by atoms with Crippen LogP contribution in [0.5, 0.6) is 0 Å². The van der Waals surface area contributed by atoms with Crippen LogP contribution in [-0.4, -0.2) is 30.6 Å². The van der Waals surface area contributed by atoms with Crippen LogP contribution in [0, 0.1) is 0 Å². The molecule has 0 bridgehead atoms. The maximum absolute atomic E-state index is 5.77. The van der Waals surface area contributed by atoms with E-state index in [2.05, 4.69) is 83.3 Å². The van der Waals surface area contributed by atoms with Gasteiger partial charge in [-0.2, -0.15) is 0 Å². The van der Waals surface area contributed by atoms with Crippen molar-refractivity contribution >= 4 is 0 Å². The Morgan fingerprint density at radius 2 is 1.55 bits per heavy atom. The van der Waals surface area contributed by atoms with E-state index in [-0.39, 0.29) is 17.0 Å². The largest absolute Gasteiger partial charge is 0.303 e. The van der Waals surface area contributed by atoms with E-state index in [0.717, 1.165) is 6.42 Å². The zero-order valence-electron chi connectivity index (χ0n) is 14.1. The summed E-state index contributed by atoms with van der Waals surface area (Å²) in [6.07, 6.45) is 0.923. The van der Waals surface area contributed by atoms with Gasteiger partial charge in [0.2, 0.25) is 0 Å². The summed E-state index contributed by atoms with van der Waals surface area (Å²) >= 11 is 0. The van der Waals surface area contributed by atoms with E-state index < -0.39 is 0 Å². The van der Waals surface area contributed by atoms with Gasteiger partial charge in [0.1, 0.15) is 0 Å². The molecule has 1 atom stereocenters. The van der Waals surface area contributed by atoms with Gasteiger partial charge in [0.15, 0.2) is 0 Å². The summed E-state index contributed by atoms with van der Waals surface area (Å²) < 4.78 is 0. The first kappa shape index (κ1) is 17.2. The van der Waals surface area contributed by atoms with E-state index in [1.165, 1.54) is 11.1 Å². The summed E-state index contributed by atoms with van der Waals surface area (Å²) in [6.45, 7) is 11.1. The molecule has 0 saturated heterocycles. The van der Waals surface area contributed by atoms with Crippen LogP contribution in [0.4, 0.5) is 0 Å². The molecule has 0 saturated carbocycles. The highest BCUT2D eigenvalue weighted by Gasteiger charge is 2.30. The van der Waals surface area contributed by atoms with Gasteiger partial charge >= 0.3 is 0 Å². The van der Waals surface area contributed by atoms with Gasteiger partial charge in [-0.1, -0.05) is 45.0 Å². The smallest absolute Gasteiger partial charge is 0.0429 e. The minimum atomic E-state index is -0.00253. The van der Waals surface area contributed by atoms with E-state index in [0.29, 0.717) is 0 Å². The van der Waals surface area contributed by atoms with E-state index in [1.54, 1.807) is 0 Å². The van der Waals surface area contributed by atoms with Crippen molar-refractivity contribution in [1.29, 1.82) is 0 Å². The van der Waals surface area contributed by atoms with Gasteiger partial charge in [0.25, 0.3) is 0 Å². The highest BCUT2D eigenvalue weighted by molar-refractivity contribution is 5.28.